The Morgan fingerprint density at radius 1 is 0.845 bits per heavy atom. The summed E-state index contributed by atoms with van der Waals surface area (Å²) in [7, 11) is 0. The van der Waals surface area contributed by atoms with Gasteiger partial charge in [0.1, 0.15) is 35.9 Å². The average molecular weight is 1000 g/mol. The molecule has 0 spiro atoms. The quantitative estimate of drug-likeness (QED) is 0.0324. The Kier molecular flexibility index (Phi) is 17.7. The minimum Gasteiger partial charge on any atom is -0.508 e. The van der Waals surface area contributed by atoms with Gasteiger partial charge in [-0.15, -0.1) is 22.7 Å². The van der Waals surface area contributed by atoms with E-state index in [1.54, 1.807) is 65.9 Å². The number of rotatable bonds is 22. The molecule has 1 aliphatic rings. The largest absolute Gasteiger partial charge is 0.508 e. The number of unbranched alkanes of at least 4 members (excludes halogenated alkanes) is 4. The van der Waals surface area contributed by atoms with Crippen molar-refractivity contribution in [3.8, 4) is 38.1 Å². The molecule has 3 amide bonds. The first kappa shape index (κ1) is 52.7. The van der Waals surface area contributed by atoms with Gasteiger partial charge in [-0.2, -0.15) is 0 Å². The highest BCUT2D eigenvalue weighted by molar-refractivity contribution is 7.22. The van der Waals surface area contributed by atoms with Gasteiger partial charge >= 0.3 is 0 Å². The smallest absolute Gasteiger partial charge is 0.246 e. The number of hydrogen-bond acceptors (Lipinski definition) is 12. The van der Waals surface area contributed by atoms with Crippen molar-refractivity contribution in [3.05, 3.63) is 119 Å². The molecule has 0 unspecified atom stereocenters. The lowest BCUT2D eigenvalue weighted by Crippen LogP contribution is -2.57. The van der Waals surface area contributed by atoms with E-state index in [-0.39, 0.29) is 60.4 Å². The minimum atomic E-state index is -0.870. The van der Waals surface area contributed by atoms with Gasteiger partial charge in [-0.25, -0.2) is 4.98 Å². The van der Waals surface area contributed by atoms with Crippen molar-refractivity contribution in [1.29, 1.82) is 0 Å². The van der Waals surface area contributed by atoms with Crippen molar-refractivity contribution in [2.45, 2.75) is 111 Å². The summed E-state index contributed by atoms with van der Waals surface area (Å²) in [5, 5.41) is 37.4. The maximum absolute atomic E-state index is 14.1. The second-order valence-electron chi connectivity index (χ2n) is 19.6. The van der Waals surface area contributed by atoms with E-state index >= 15 is 0 Å². The Morgan fingerprint density at radius 2 is 1.51 bits per heavy atom. The third-order valence-corrected chi connectivity index (χ3v) is 15.4. The van der Waals surface area contributed by atoms with E-state index in [0.717, 1.165) is 87.5 Å². The molecule has 0 aliphatic carbocycles. The molecule has 1 aliphatic heterocycles. The summed E-state index contributed by atoms with van der Waals surface area (Å²) in [4.78, 5) is 65.1. The summed E-state index contributed by atoms with van der Waals surface area (Å²) < 4.78 is 6.89. The summed E-state index contributed by atoms with van der Waals surface area (Å²) in [5.74, 6) is -0.114. The Hall–Kier alpha value is -6.13. The number of aromatic nitrogens is 1. The number of thiazole rings is 1. The monoisotopic (exact) mass is 1000 g/mol. The van der Waals surface area contributed by atoms with Crippen LogP contribution in [0.1, 0.15) is 113 Å². The molecule has 7 rings (SSSR count). The van der Waals surface area contributed by atoms with E-state index in [2.05, 4.69) is 27.4 Å². The highest BCUT2D eigenvalue weighted by Gasteiger charge is 2.44. The lowest BCUT2D eigenvalue weighted by molar-refractivity contribution is -0.144. The SMILES string of the molecule is CCN(CCCCCCCC(=O)N[C@H](C(=O)N1C[C@@H](O)C[C@H]1C(=O)N[C@@H](C)c1ccc(-c2scnc2C)cc1)C(C)(C)C)CCOc1ccc(C(=O)c2c(-c3ccc(O)cc3)sc3cc(O)ccc23)cc1. The highest BCUT2D eigenvalue weighted by Crippen LogP contribution is 2.42. The number of aromatic hydroxyl groups is 2. The molecule has 13 nitrogen and oxygen atoms in total. The molecule has 0 saturated carbocycles. The topological polar surface area (TPSA) is 182 Å². The summed E-state index contributed by atoms with van der Waals surface area (Å²) in [5.41, 5.74) is 6.01. The van der Waals surface area contributed by atoms with E-state index in [1.165, 1.54) is 16.2 Å². The number of hydrogen-bond donors (Lipinski definition) is 5. The zero-order valence-corrected chi connectivity index (χ0v) is 43.2. The Labute approximate surface area is 424 Å². The molecule has 3 heterocycles. The number of phenolic OH excluding ortho intramolecular Hbond substituents is 2. The number of likely N-dealkylation sites (N-methyl/N-ethyl adjacent to an activating group) is 1. The molecule has 4 atom stereocenters. The molecule has 15 heteroatoms. The molecule has 6 aromatic rings. The van der Waals surface area contributed by atoms with E-state index in [0.29, 0.717) is 29.9 Å². The second kappa shape index (κ2) is 23.9. The van der Waals surface area contributed by atoms with Crippen LogP contribution in [0.5, 0.6) is 17.2 Å². The van der Waals surface area contributed by atoms with Gasteiger partial charge in [-0.1, -0.05) is 71.2 Å². The maximum Gasteiger partial charge on any atom is 0.246 e. The van der Waals surface area contributed by atoms with Crippen LogP contribution in [0.3, 0.4) is 0 Å². The number of aryl methyl sites for hydroxylation is 1. The van der Waals surface area contributed by atoms with Crippen LogP contribution in [0.25, 0.3) is 31.0 Å². The molecular formula is C56H67N5O8S2. The number of carbonyl (C=O) groups excluding carboxylic acids is 4. The van der Waals surface area contributed by atoms with Crippen molar-refractivity contribution in [2.24, 2.45) is 5.41 Å². The molecule has 1 fully saturated rings. The Balaban J connectivity index is 0.813. The fraction of sp³-hybridized carbons (Fsp3) is 0.411. The molecule has 0 bridgehead atoms. The fourth-order valence-electron chi connectivity index (χ4n) is 9.09. The zero-order valence-electron chi connectivity index (χ0n) is 41.6. The number of benzene rings is 4. The van der Waals surface area contributed by atoms with Gasteiger partial charge in [0.25, 0.3) is 0 Å². The molecule has 376 valence electrons. The number of ether oxygens (including phenoxy) is 1. The molecule has 71 heavy (non-hydrogen) atoms. The molecule has 4 aromatic carbocycles. The number of likely N-dealkylation sites (tertiary alicyclic amines) is 1. The number of thiophene rings is 1. The van der Waals surface area contributed by atoms with Gasteiger partial charge in [0, 0.05) is 52.0 Å². The van der Waals surface area contributed by atoms with E-state index < -0.39 is 23.6 Å². The predicted octanol–water partition coefficient (Wildman–Crippen LogP) is 10.1. The first-order chi connectivity index (χ1) is 34.0. The number of nitrogens with zero attached hydrogens (tertiary/aromatic N) is 3. The highest BCUT2D eigenvalue weighted by atomic mass is 32.1. The van der Waals surface area contributed by atoms with Gasteiger partial charge in [0.15, 0.2) is 5.78 Å². The number of β-amino-alcohol motifs (C(OH)–C–C–N with tert-alkyl or cyclic N) is 1. The maximum atomic E-state index is 14.1. The van der Waals surface area contributed by atoms with Crippen LogP contribution < -0.4 is 15.4 Å². The average Bonchev–Trinajstić information content (AvgIpc) is 4.08. The fourth-order valence-corrected chi connectivity index (χ4v) is 11.1. The number of nitrogens with one attached hydrogen (secondary N) is 2. The van der Waals surface area contributed by atoms with Crippen molar-refractivity contribution in [2.75, 3.05) is 32.8 Å². The normalized spacial score (nSPS) is 15.7. The molecule has 2 aromatic heterocycles. The van der Waals surface area contributed by atoms with Gasteiger partial charge in [0.05, 0.1) is 28.2 Å². The lowest BCUT2D eigenvalue weighted by Gasteiger charge is -2.35. The number of aliphatic hydroxyl groups excluding tert-OH is 1. The van der Waals surface area contributed by atoms with Crippen molar-refractivity contribution in [3.63, 3.8) is 0 Å². The van der Waals surface area contributed by atoms with Crippen LogP contribution in [0.15, 0.2) is 96.5 Å². The zero-order chi connectivity index (χ0) is 50.8. The predicted molar refractivity (Wildman–Crippen MR) is 282 cm³/mol. The lowest BCUT2D eigenvalue weighted by atomic mass is 9.85. The minimum absolute atomic E-state index is 0.0192. The van der Waals surface area contributed by atoms with Crippen LogP contribution in [0, 0.1) is 12.3 Å². The van der Waals surface area contributed by atoms with Crippen molar-refractivity contribution in [1.82, 2.24) is 25.4 Å². The summed E-state index contributed by atoms with van der Waals surface area (Å²) in [6.07, 6.45) is 4.14. The molecule has 0 radical (unpaired) electrons. The Bertz CT molecular complexity index is 2770. The van der Waals surface area contributed by atoms with E-state index in [9.17, 15) is 34.5 Å². The molecule has 1 saturated heterocycles. The van der Waals surface area contributed by atoms with E-state index in [1.807, 2.05) is 76.5 Å². The summed E-state index contributed by atoms with van der Waals surface area (Å²) >= 11 is 3.01. The van der Waals surface area contributed by atoms with Gasteiger partial charge in [0.2, 0.25) is 17.7 Å². The van der Waals surface area contributed by atoms with Crippen LogP contribution in [0.4, 0.5) is 0 Å². The second-order valence-corrected chi connectivity index (χ2v) is 21.5. The number of phenols is 2. The van der Waals surface area contributed by atoms with Crippen LogP contribution >= 0.6 is 22.7 Å². The first-order valence-corrected chi connectivity index (χ1v) is 26.3. The number of amides is 3. The third kappa shape index (κ3) is 13.4. The number of carbonyl (C=O) groups is 4. The van der Waals surface area contributed by atoms with Gasteiger partial charge < -0.3 is 40.5 Å². The first-order valence-electron chi connectivity index (χ1n) is 24.6. The summed E-state index contributed by atoms with van der Waals surface area (Å²) in [6, 6.07) is 24.9. The Morgan fingerprint density at radius 3 is 2.18 bits per heavy atom. The van der Waals surface area contributed by atoms with Crippen LogP contribution in [0.2, 0.25) is 0 Å². The van der Waals surface area contributed by atoms with Crippen molar-refractivity contribution >= 4 is 56.3 Å². The molecular weight excluding hydrogens is 935 g/mol. The van der Waals surface area contributed by atoms with Crippen molar-refractivity contribution < 1.29 is 39.2 Å². The standard InChI is InChI=1S/C56H67N5O8S2/c1-7-60(29-30-69-44-25-20-38(21-26-44)50(66)49-45-27-24-42(63)32-47(45)71-52(49)40-18-22-41(62)23-19-40)28-12-10-8-9-11-13-48(65)59-53(56(4,5)6)55(68)61-33-43(64)31-46(61)54(67)58-35(2)37-14-16-39(17-15-37)51-36(3)57-34-70-51/h14-27,32,34-35,43,46,53,62-64H,7-13,28-31,33H2,1-6H3,(H,58,67)(H,59,65)/t35-,43-,46-,53+/m0/s1. The number of ketones is 1. The summed E-state index contributed by atoms with van der Waals surface area (Å²) in [6.45, 7) is 14.7. The third-order valence-electron chi connectivity index (χ3n) is 13.2. The van der Waals surface area contributed by atoms with Gasteiger partial charge in [-0.3, -0.25) is 19.2 Å². The van der Waals surface area contributed by atoms with Crippen LogP contribution in [-0.2, 0) is 14.4 Å². The van der Waals surface area contributed by atoms with E-state index in [4.69, 9.17) is 4.74 Å². The van der Waals surface area contributed by atoms with Crippen LogP contribution in [-0.4, -0.2) is 105 Å². The number of fused-ring (bicyclic) bond motifs is 1. The van der Waals surface area contributed by atoms with Gasteiger partial charge in [-0.05, 0) is 129 Å². The number of aliphatic hydroxyl groups is 1. The molecule has 5 N–H and O–H groups in total.